The van der Waals surface area contributed by atoms with E-state index in [2.05, 4.69) is 64.6 Å². The molecule has 0 heterocycles. The third-order valence-electron chi connectivity index (χ3n) is 4.95. The summed E-state index contributed by atoms with van der Waals surface area (Å²) in [6.45, 7) is 6.83. The summed E-state index contributed by atoms with van der Waals surface area (Å²) < 4.78 is 0.815. The van der Waals surface area contributed by atoms with Crippen molar-refractivity contribution in [1.29, 1.82) is 0 Å². The number of hydrogen-bond donors (Lipinski definition) is 0. The van der Waals surface area contributed by atoms with Crippen molar-refractivity contribution in [3.8, 4) is 0 Å². The summed E-state index contributed by atoms with van der Waals surface area (Å²) in [5, 5.41) is 0. The molecule has 0 aliphatic rings. The van der Waals surface area contributed by atoms with Crippen LogP contribution in [0.3, 0.4) is 0 Å². The van der Waals surface area contributed by atoms with Gasteiger partial charge in [0.1, 0.15) is 18.6 Å². The van der Waals surface area contributed by atoms with E-state index >= 15 is 0 Å². The van der Waals surface area contributed by atoms with E-state index in [4.69, 9.17) is 0 Å². The first-order valence-electron chi connectivity index (χ1n) is 11.6. The molecule has 0 aromatic carbocycles. The molecule has 1 nitrogen and oxygen atoms in total. The van der Waals surface area contributed by atoms with E-state index in [1.165, 1.54) is 96.3 Å². The Balaban J connectivity index is 4.45. The highest BCUT2D eigenvalue weighted by atomic mass is 15.3. The van der Waals surface area contributed by atoms with Crippen LogP contribution in [0.25, 0.3) is 0 Å². The first-order chi connectivity index (χ1) is 12.7. The predicted octanol–water partition coefficient (Wildman–Crippen LogP) is 8.89. The predicted molar refractivity (Wildman–Crippen MR) is 120 cm³/mol. The lowest BCUT2D eigenvalue weighted by atomic mass is 10.1. The Morgan fingerprint density at radius 1 is 0.462 bits per heavy atom. The van der Waals surface area contributed by atoms with Crippen molar-refractivity contribution in [3.05, 3.63) is 36.8 Å². The molecule has 0 atom stereocenters. The molecular weight excluding hydrogens is 314 g/mol. The molecule has 1 heteroatoms. The van der Waals surface area contributed by atoms with Crippen LogP contribution in [0.4, 0.5) is 0 Å². The van der Waals surface area contributed by atoms with Gasteiger partial charge in [-0.05, 0) is 56.8 Å². The van der Waals surface area contributed by atoms with Crippen LogP contribution in [0.1, 0.15) is 117 Å². The maximum absolute atomic E-state index is 2.39. The lowest BCUT2D eigenvalue weighted by Crippen LogP contribution is -2.24. The Hall–Kier alpha value is -0.820. The van der Waals surface area contributed by atoms with Crippen LogP contribution >= 0.6 is 0 Å². The zero-order valence-electron chi connectivity index (χ0n) is 18.5. The van der Waals surface area contributed by atoms with Gasteiger partial charge in [-0.2, -0.15) is 0 Å². The Morgan fingerprint density at radius 2 is 0.769 bits per heavy atom. The minimum Gasteiger partial charge on any atom is -0.248 e. The van der Waals surface area contributed by atoms with E-state index in [-0.39, 0.29) is 0 Å². The lowest BCUT2D eigenvalue weighted by Gasteiger charge is -2.20. The van der Waals surface area contributed by atoms with E-state index in [1.54, 1.807) is 0 Å². The largest absolute Gasteiger partial charge is 0.248 e. The van der Waals surface area contributed by atoms with Gasteiger partial charge in [-0.3, -0.25) is 0 Å². The molecule has 0 aliphatic carbocycles. The molecular formula is C25H48N+. The lowest BCUT2D eigenvalue weighted by molar-refractivity contribution is -0.750. The van der Waals surface area contributed by atoms with Crippen molar-refractivity contribution in [3.63, 3.8) is 0 Å². The SMILES string of the molecule is CCCCCCC=C[N+](C)(C=CCCCCCC)C=CCCCCCC. The number of hydrogen-bond acceptors (Lipinski definition) is 0. The van der Waals surface area contributed by atoms with Crippen molar-refractivity contribution in [2.24, 2.45) is 0 Å². The second kappa shape index (κ2) is 19.0. The van der Waals surface area contributed by atoms with Gasteiger partial charge in [-0.15, -0.1) is 0 Å². The van der Waals surface area contributed by atoms with Crippen molar-refractivity contribution in [1.82, 2.24) is 0 Å². The molecule has 0 aromatic rings. The summed E-state index contributed by atoms with van der Waals surface area (Å²) in [5.74, 6) is 0. The fourth-order valence-electron chi connectivity index (χ4n) is 3.12. The number of allylic oxidation sites excluding steroid dienone is 3. The minimum absolute atomic E-state index is 0.815. The number of unbranched alkanes of at least 4 members (excludes halogenated alkanes) is 12. The van der Waals surface area contributed by atoms with Crippen LogP contribution in [0.15, 0.2) is 36.8 Å². The second-order valence-corrected chi connectivity index (χ2v) is 7.92. The quantitative estimate of drug-likeness (QED) is 0.169. The fourth-order valence-corrected chi connectivity index (χ4v) is 3.12. The molecule has 152 valence electrons. The average Bonchev–Trinajstić information content (AvgIpc) is 2.64. The van der Waals surface area contributed by atoms with Crippen LogP contribution in [0, 0.1) is 0 Å². The third kappa shape index (κ3) is 16.6. The minimum atomic E-state index is 0.815. The molecule has 0 aliphatic heterocycles. The molecule has 0 amide bonds. The molecule has 0 unspecified atom stereocenters. The van der Waals surface area contributed by atoms with E-state index < -0.39 is 0 Å². The summed E-state index contributed by atoms with van der Waals surface area (Å²) in [7, 11) is 2.30. The van der Waals surface area contributed by atoms with Gasteiger partial charge < -0.3 is 0 Å². The van der Waals surface area contributed by atoms with Crippen LogP contribution < -0.4 is 0 Å². The standard InChI is InChI=1S/C25H48N/c1-5-8-11-14-17-20-23-26(4,24-21-18-15-12-9-6-2)25-22-19-16-13-10-7-3/h20-25H,5-19H2,1-4H3/q+1. The van der Waals surface area contributed by atoms with E-state index in [0.29, 0.717) is 0 Å². The van der Waals surface area contributed by atoms with Crippen molar-refractivity contribution in [2.45, 2.75) is 117 Å². The van der Waals surface area contributed by atoms with Gasteiger partial charge in [0.25, 0.3) is 0 Å². The maximum Gasteiger partial charge on any atom is 0.101 e. The van der Waals surface area contributed by atoms with Gasteiger partial charge >= 0.3 is 0 Å². The van der Waals surface area contributed by atoms with Gasteiger partial charge in [0, 0.05) is 0 Å². The zero-order chi connectivity index (χ0) is 19.3. The molecule has 0 saturated carbocycles. The molecule has 0 spiro atoms. The van der Waals surface area contributed by atoms with Crippen molar-refractivity contribution in [2.75, 3.05) is 7.05 Å². The van der Waals surface area contributed by atoms with Crippen LogP contribution in [0.2, 0.25) is 0 Å². The van der Waals surface area contributed by atoms with Gasteiger partial charge in [-0.25, -0.2) is 4.48 Å². The average molecular weight is 363 g/mol. The maximum atomic E-state index is 2.39. The summed E-state index contributed by atoms with van der Waals surface area (Å²) in [6, 6.07) is 0. The first-order valence-corrected chi connectivity index (χ1v) is 11.6. The van der Waals surface area contributed by atoms with E-state index in [9.17, 15) is 0 Å². The summed E-state index contributed by atoms with van der Waals surface area (Å²) in [6.07, 6.45) is 34.1. The van der Waals surface area contributed by atoms with Crippen molar-refractivity contribution < 1.29 is 4.48 Å². The number of nitrogens with zero attached hydrogens (tertiary/aromatic N) is 1. The molecule has 0 fully saturated rings. The van der Waals surface area contributed by atoms with Gasteiger partial charge in [0.05, 0.1) is 7.05 Å². The summed E-state index contributed by atoms with van der Waals surface area (Å²) >= 11 is 0. The molecule has 0 aromatic heterocycles. The van der Waals surface area contributed by atoms with E-state index in [1.807, 2.05) is 0 Å². The molecule has 0 radical (unpaired) electrons. The van der Waals surface area contributed by atoms with Crippen LogP contribution in [-0.4, -0.2) is 11.5 Å². The highest BCUT2D eigenvalue weighted by Crippen LogP contribution is 2.13. The first kappa shape index (κ1) is 25.2. The highest BCUT2D eigenvalue weighted by Gasteiger charge is 2.10. The Morgan fingerprint density at radius 3 is 1.04 bits per heavy atom. The molecule has 26 heavy (non-hydrogen) atoms. The fraction of sp³-hybridized carbons (Fsp3) is 0.760. The number of rotatable bonds is 18. The Kier molecular flexibility index (Phi) is 18.4. The second-order valence-electron chi connectivity index (χ2n) is 7.92. The van der Waals surface area contributed by atoms with Gasteiger partial charge in [-0.1, -0.05) is 78.6 Å². The van der Waals surface area contributed by atoms with E-state index in [0.717, 1.165) is 4.48 Å². The molecule has 0 saturated heterocycles. The highest BCUT2D eigenvalue weighted by molar-refractivity contribution is 4.88. The normalized spacial score (nSPS) is 14.8. The van der Waals surface area contributed by atoms with Gasteiger partial charge in [0.2, 0.25) is 0 Å². The summed E-state index contributed by atoms with van der Waals surface area (Å²) in [5.41, 5.74) is 0. The molecule has 0 bridgehead atoms. The third-order valence-corrected chi connectivity index (χ3v) is 4.95. The van der Waals surface area contributed by atoms with Crippen LogP contribution in [-0.2, 0) is 0 Å². The topological polar surface area (TPSA) is 0 Å². The number of quaternary nitrogens is 1. The molecule has 0 N–H and O–H groups in total. The van der Waals surface area contributed by atoms with Gasteiger partial charge in [0.15, 0.2) is 0 Å². The zero-order valence-corrected chi connectivity index (χ0v) is 18.5. The Labute approximate surface area is 165 Å². The smallest absolute Gasteiger partial charge is 0.101 e. The summed E-state index contributed by atoms with van der Waals surface area (Å²) in [4.78, 5) is 0. The Bertz CT molecular complexity index is 309. The molecule has 0 rings (SSSR count). The van der Waals surface area contributed by atoms with Crippen LogP contribution in [0.5, 0.6) is 0 Å². The monoisotopic (exact) mass is 362 g/mol. The van der Waals surface area contributed by atoms with Crippen molar-refractivity contribution >= 4 is 0 Å².